The van der Waals surface area contributed by atoms with Crippen LogP contribution < -0.4 is 5.73 Å². The first-order valence-corrected chi connectivity index (χ1v) is 2.71. The van der Waals surface area contributed by atoms with E-state index in [4.69, 9.17) is 10.8 Å². The van der Waals surface area contributed by atoms with Crippen molar-refractivity contribution >= 4 is 5.97 Å². The molecule has 0 amide bonds. The summed E-state index contributed by atoms with van der Waals surface area (Å²) in [6, 6.07) is 0. The molecule has 0 radical (unpaired) electrons. The Bertz CT molecular complexity index is 81.1. The van der Waals surface area contributed by atoms with E-state index in [2.05, 4.69) is 6.58 Å². The van der Waals surface area contributed by atoms with Gasteiger partial charge in [-0.05, 0) is 6.54 Å². The van der Waals surface area contributed by atoms with Crippen LogP contribution in [0.15, 0.2) is 12.7 Å². The standard InChI is InChI=1S/C4H6O2.C2H7N/c1-2-3-4(5)6;1-2-3/h2H,1,3H2,(H,5,6);2-3H2,1H3. The van der Waals surface area contributed by atoms with Crippen molar-refractivity contribution in [3.63, 3.8) is 0 Å². The molecule has 0 aliphatic carbocycles. The van der Waals surface area contributed by atoms with Crippen LogP contribution in [0.5, 0.6) is 0 Å². The highest BCUT2D eigenvalue weighted by Gasteiger charge is 1.84. The molecule has 0 aromatic heterocycles. The largest absolute Gasteiger partial charge is 0.481 e. The quantitative estimate of drug-likeness (QED) is 0.540. The lowest BCUT2D eigenvalue weighted by Gasteiger charge is -1.75. The van der Waals surface area contributed by atoms with E-state index < -0.39 is 5.97 Å². The van der Waals surface area contributed by atoms with E-state index in [0.29, 0.717) is 0 Å². The Morgan fingerprint density at radius 2 is 2.22 bits per heavy atom. The first-order valence-electron chi connectivity index (χ1n) is 2.71. The minimum absolute atomic E-state index is 0.0556. The van der Waals surface area contributed by atoms with Gasteiger partial charge in [0.15, 0.2) is 0 Å². The molecular weight excluding hydrogens is 118 g/mol. The lowest BCUT2D eigenvalue weighted by molar-refractivity contribution is -0.135. The normalized spacial score (nSPS) is 6.89. The van der Waals surface area contributed by atoms with Crippen molar-refractivity contribution in [2.45, 2.75) is 13.3 Å². The predicted octanol–water partition coefficient (Wildman–Crippen LogP) is 0.612. The molecule has 9 heavy (non-hydrogen) atoms. The molecule has 0 rings (SSSR count). The fraction of sp³-hybridized carbons (Fsp3) is 0.500. The summed E-state index contributed by atoms with van der Waals surface area (Å²) in [4.78, 5) is 9.53. The lowest BCUT2D eigenvalue weighted by atomic mass is 10.4. The molecule has 0 atom stereocenters. The van der Waals surface area contributed by atoms with E-state index in [1.54, 1.807) is 0 Å². The Morgan fingerprint density at radius 1 is 1.89 bits per heavy atom. The van der Waals surface area contributed by atoms with Gasteiger partial charge < -0.3 is 10.8 Å². The fourth-order valence-electron chi connectivity index (χ4n) is 0.123. The highest BCUT2D eigenvalue weighted by Crippen LogP contribution is 1.74. The number of nitrogens with two attached hydrogens (primary N) is 1. The SMILES string of the molecule is C=CCC(=O)O.CCN. The lowest BCUT2D eigenvalue weighted by Crippen LogP contribution is -1.88. The maximum atomic E-state index is 9.53. The van der Waals surface area contributed by atoms with Gasteiger partial charge in [-0.2, -0.15) is 0 Å². The van der Waals surface area contributed by atoms with Gasteiger partial charge in [0.1, 0.15) is 0 Å². The summed E-state index contributed by atoms with van der Waals surface area (Å²) in [7, 11) is 0. The highest BCUT2D eigenvalue weighted by molar-refractivity contribution is 5.68. The van der Waals surface area contributed by atoms with Crippen molar-refractivity contribution in [3.8, 4) is 0 Å². The third-order valence-corrected chi connectivity index (χ3v) is 0.319. The zero-order valence-electron chi connectivity index (χ0n) is 5.63. The Hall–Kier alpha value is -0.830. The summed E-state index contributed by atoms with van der Waals surface area (Å²) >= 11 is 0. The summed E-state index contributed by atoms with van der Waals surface area (Å²) in [5.41, 5.74) is 4.85. The number of hydrogen-bond donors (Lipinski definition) is 2. The van der Waals surface area contributed by atoms with Crippen LogP contribution in [-0.2, 0) is 4.79 Å². The molecule has 0 aliphatic heterocycles. The second kappa shape index (κ2) is 10.2. The maximum Gasteiger partial charge on any atom is 0.307 e. The summed E-state index contributed by atoms with van der Waals surface area (Å²) in [6.45, 7) is 5.87. The van der Waals surface area contributed by atoms with E-state index >= 15 is 0 Å². The molecule has 3 heteroatoms. The average Bonchev–Trinajstić information content (AvgIpc) is 1.67. The van der Waals surface area contributed by atoms with Crippen molar-refractivity contribution in [2.75, 3.05) is 6.54 Å². The van der Waals surface area contributed by atoms with Crippen LogP contribution >= 0.6 is 0 Å². The summed E-state index contributed by atoms with van der Waals surface area (Å²) in [5, 5.41) is 7.84. The zero-order valence-corrected chi connectivity index (χ0v) is 5.63. The highest BCUT2D eigenvalue weighted by atomic mass is 16.4. The van der Waals surface area contributed by atoms with Gasteiger partial charge in [0, 0.05) is 0 Å². The third-order valence-electron chi connectivity index (χ3n) is 0.319. The first-order chi connectivity index (χ1) is 4.18. The van der Waals surface area contributed by atoms with Crippen molar-refractivity contribution < 1.29 is 9.90 Å². The molecule has 0 aromatic carbocycles. The van der Waals surface area contributed by atoms with Crippen LogP contribution in [0.25, 0.3) is 0 Å². The van der Waals surface area contributed by atoms with E-state index in [9.17, 15) is 4.79 Å². The molecule has 0 unspecified atom stereocenters. The van der Waals surface area contributed by atoms with Gasteiger partial charge >= 0.3 is 5.97 Å². The Balaban J connectivity index is 0. The molecule has 0 heterocycles. The van der Waals surface area contributed by atoms with E-state index in [1.807, 2.05) is 6.92 Å². The van der Waals surface area contributed by atoms with E-state index in [-0.39, 0.29) is 6.42 Å². The summed E-state index contributed by atoms with van der Waals surface area (Å²) in [6.07, 6.45) is 1.41. The monoisotopic (exact) mass is 131 g/mol. The maximum absolute atomic E-state index is 9.53. The van der Waals surface area contributed by atoms with Crippen molar-refractivity contribution in [1.29, 1.82) is 0 Å². The zero-order chi connectivity index (χ0) is 7.70. The molecule has 0 aliphatic rings. The minimum Gasteiger partial charge on any atom is -0.481 e. The smallest absolute Gasteiger partial charge is 0.307 e. The third kappa shape index (κ3) is 40.7. The molecule has 54 valence electrons. The fourth-order valence-corrected chi connectivity index (χ4v) is 0.123. The van der Waals surface area contributed by atoms with Crippen LogP contribution in [0.4, 0.5) is 0 Å². The van der Waals surface area contributed by atoms with Gasteiger partial charge in [0.25, 0.3) is 0 Å². The van der Waals surface area contributed by atoms with Gasteiger partial charge in [-0.3, -0.25) is 4.79 Å². The van der Waals surface area contributed by atoms with Crippen molar-refractivity contribution in [1.82, 2.24) is 0 Å². The van der Waals surface area contributed by atoms with E-state index in [1.165, 1.54) is 6.08 Å². The molecule has 3 N–H and O–H groups in total. The van der Waals surface area contributed by atoms with Crippen LogP contribution in [-0.4, -0.2) is 17.6 Å². The minimum atomic E-state index is -0.829. The molecule has 0 saturated carbocycles. The molecule has 0 fully saturated rings. The Labute approximate surface area is 55.2 Å². The van der Waals surface area contributed by atoms with Gasteiger partial charge in [-0.25, -0.2) is 0 Å². The van der Waals surface area contributed by atoms with Crippen molar-refractivity contribution in [2.24, 2.45) is 5.73 Å². The second-order valence-corrected chi connectivity index (χ2v) is 1.29. The van der Waals surface area contributed by atoms with Crippen LogP contribution in [0.2, 0.25) is 0 Å². The van der Waals surface area contributed by atoms with Gasteiger partial charge in [0.05, 0.1) is 6.42 Å². The molecule has 0 spiro atoms. The number of hydrogen-bond acceptors (Lipinski definition) is 2. The second-order valence-electron chi connectivity index (χ2n) is 1.29. The summed E-state index contributed by atoms with van der Waals surface area (Å²) in [5.74, 6) is -0.829. The molecular formula is C6H13NO2. The van der Waals surface area contributed by atoms with Crippen LogP contribution in [0.3, 0.4) is 0 Å². The van der Waals surface area contributed by atoms with Crippen LogP contribution in [0.1, 0.15) is 13.3 Å². The number of carbonyl (C=O) groups is 1. The first kappa shape index (κ1) is 11.0. The Kier molecular flexibility index (Phi) is 12.5. The number of carboxylic acids is 1. The number of aliphatic carboxylic acids is 1. The predicted molar refractivity (Wildman–Crippen MR) is 37.2 cm³/mol. The molecule has 3 nitrogen and oxygen atoms in total. The van der Waals surface area contributed by atoms with E-state index in [0.717, 1.165) is 6.54 Å². The molecule has 0 bridgehead atoms. The molecule has 0 aromatic rings. The Morgan fingerprint density at radius 3 is 2.22 bits per heavy atom. The van der Waals surface area contributed by atoms with Gasteiger partial charge in [-0.1, -0.05) is 13.0 Å². The number of carboxylic acid groups (broad SMARTS) is 1. The van der Waals surface area contributed by atoms with Gasteiger partial charge in [0.2, 0.25) is 0 Å². The number of rotatable bonds is 2. The van der Waals surface area contributed by atoms with Crippen molar-refractivity contribution in [3.05, 3.63) is 12.7 Å². The van der Waals surface area contributed by atoms with Gasteiger partial charge in [-0.15, -0.1) is 6.58 Å². The van der Waals surface area contributed by atoms with Crippen LogP contribution in [0, 0.1) is 0 Å². The topological polar surface area (TPSA) is 63.3 Å². The molecule has 0 saturated heterocycles. The average molecular weight is 131 g/mol. The summed E-state index contributed by atoms with van der Waals surface area (Å²) < 4.78 is 0.